The second kappa shape index (κ2) is 16.4. The summed E-state index contributed by atoms with van der Waals surface area (Å²) in [5.41, 5.74) is 0. The summed E-state index contributed by atoms with van der Waals surface area (Å²) < 4.78 is 0. The van der Waals surface area contributed by atoms with E-state index in [2.05, 4.69) is 6.92 Å². The Morgan fingerprint density at radius 1 is 1.20 bits per heavy atom. The zero-order chi connectivity index (χ0) is 6.24. The van der Waals surface area contributed by atoms with Gasteiger partial charge in [-0.2, -0.15) is 0 Å². The van der Waals surface area contributed by atoms with Crippen molar-refractivity contribution in [2.75, 3.05) is 0 Å². The molecule has 0 amide bonds. The van der Waals surface area contributed by atoms with E-state index in [0.717, 1.165) is 6.42 Å². The van der Waals surface area contributed by atoms with Gasteiger partial charge in [0.25, 0.3) is 0 Å². The molecular weight excluding hydrogens is 156 g/mol. The summed E-state index contributed by atoms with van der Waals surface area (Å²) >= 11 is 0. The summed E-state index contributed by atoms with van der Waals surface area (Å²) in [4.78, 5) is 0. The standard InChI is InChI=1S/C8H15.ClH.Mg/c1-3-5-7-8-6-4-2;;/h1,3H,4-8H2,2H3;1H;/q-1;;+2/p-1. The predicted octanol–water partition coefficient (Wildman–Crippen LogP) is -0.431. The van der Waals surface area contributed by atoms with Crippen molar-refractivity contribution < 1.29 is 12.4 Å². The van der Waals surface area contributed by atoms with Crippen molar-refractivity contribution in [1.29, 1.82) is 0 Å². The second-order valence-corrected chi connectivity index (χ2v) is 2.09. The van der Waals surface area contributed by atoms with Crippen LogP contribution in [0.4, 0.5) is 0 Å². The number of rotatable bonds is 5. The van der Waals surface area contributed by atoms with Crippen LogP contribution in [0.5, 0.6) is 0 Å². The Labute approximate surface area is 87.0 Å². The summed E-state index contributed by atoms with van der Waals surface area (Å²) in [5, 5.41) is 0. The summed E-state index contributed by atoms with van der Waals surface area (Å²) in [5.74, 6) is 0. The molecule has 0 spiro atoms. The molecule has 0 aliphatic rings. The molecule has 0 N–H and O–H groups in total. The molecule has 0 atom stereocenters. The van der Waals surface area contributed by atoms with E-state index in [4.69, 9.17) is 6.58 Å². The van der Waals surface area contributed by atoms with Crippen LogP contribution >= 0.6 is 0 Å². The number of allylic oxidation sites excluding steroid dienone is 1. The van der Waals surface area contributed by atoms with Crippen LogP contribution in [0.25, 0.3) is 0 Å². The van der Waals surface area contributed by atoms with Gasteiger partial charge in [-0.25, -0.2) is 0 Å². The van der Waals surface area contributed by atoms with E-state index in [1.165, 1.54) is 25.7 Å². The molecule has 10 heavy (non-hydrogen) atoms. The van der Waals surface area contributed by atoms with Gasteiger partial charge >= 0.3 is 23.1 Å². The summed E-state index contributed by atoms with van der Waals surface area (Å²) in [6.45, 7) is 7.40. The minimum Gasteiger partial charge on any atom is -1.00 e. The molecule has 56 valence electrons. The largest absolute Gasteiger partial charge is 2.00 e. The van der Waals surface area contributed by atoms with Gasteiger partial charge in [0, 0.05) is 0 Å². The molecule has 0 radical (unpaired) electrons. The Kier molecular flexibility index (Phi) is 28.0. The summed E-state index contributed by atoms with van der Waals surface area (Å²) in [7, 11) is 0. The van der Waals surface area contributed by atoms with Crippen molar-refractivity contribution in [3.05, 3.63) is 12.7 Å². The molecule has 0 fully saturated rings. The van der Waals surface area contributed by atoms with E-state index in [1.54, 1.807) is 6.08 Å². The van der Waals surface area contributed by atoms with Gasteiger partial charge in [-0.05, 0) is 0 Å². The number of hydrogen-bond acceptors (Lipinski definition) is 0. The molecule has 0 unspecified atom stereocenters. The predicted molar refractivity (Wildman–Crippen MR) is 43.4 cm³/mol. The molecule has 0 aliphatic carbocycles. The maximum Gasteiger partial charge on any atom is 2.00 e. The van der Waals surface area contributed by atoms with Gasteiger partial charge in [0.2, 0.25) is 0 Å². The Bertz CT molecular complexity index is 55.2. The van der Waals surface area contributed by atoms with Crippen molar-refractivity contribution in [1.82, 2.24) is 0 Å². The second-order valence-electron chi connectivity index (χ2n) is 2.09. The first-order valence-corrected chi connectivity index (χ1v) is 3.45. The fourth-order valence-electron chi connectivity index (χ4n) is 0.689. The third kappa shape index (κ3) is 15.9. The maximum atomic E-state index is 5.19. The summed E-state index contributed by atoms with van der Waals surface area (Å²) in [6.07, 6.45) is 8.10. The Hall–Kier alpha value is 0.796. The van der Waals surface area contributed by atoms with Crippen LogP contribution in [-0.2, 0) is 0 Å². The van der Waals surface area contributed by atoms with Crippen molar-refractivity contribution in [2.24, 2.45) is 0 Å². The van der Waals surface area contributed by atoms with Crippen LogP contribution in [0.2, 0.25) is 0 Å². The molecule has 0 bridgehead atoms. The Balaban J connectivity index is -0.000000245. The van der Waals surface area contributed by atoms with Crippen molar-refractivity contribution in [2.45, 2.75) is 39.0 Å². The molecule has 0 nitrogen and oxygen atoms in total. The quantitative estimate of drug-likeness (QED) is 0.299. The third-order valence-electron chi connectivity index (χ3n) is 1.22. The first kappa shape index (κ1) is 17.0. The van der Waals surface area contributed by atoms with Gasteiger partial charge in [0.1, 0.15) is 0 Å². The zero-order valence-corrected chi connectivity index (χ0v) is 8.95. The van der Waals surface area contributed by atoms with Gasteiger partial charge in [-0.15, -0.1) is 0 Å². The molecule has 0 rings (SSSR count). The molecule has 0 aromatic heterocycles. The molecule has 0 aromatic rings. The van der Waals surface area contributed by atoms with Crippen molar-refractivity contribution in [3.63, 3.8) is 0 Å². The zero-order valence-electron chi connectivity index (χ0n) is 6.78. The average molecular weight is 171 g/mol. The van der Waals surface area contributed by atoms with Crippen molar-refractivity contribution in [3.8, 4) is 0 Å². The fraction of sp³-hybridized carbons (Fsp3) is 0.750. The molecule has 2 heteroatoms. The molecule has 0 aromatic carbocycles. The van der Waals surface area contributed by atoms with E-state index in [9.17, 15) is 0 Å². The van der Waals surface area contributed by atoms with Crippen molar-refractivity contribution >= 4 is 23.1 Å². The molecular formula is C8H15ClMg. The van der Waals surface area contributed by atoms with Gasteiger partial charge in [0.15, 0.2) is 0 Å². The monoisotopic (exact) mass is 170 g/mol. The Morgan fingerprint density at radius 2 is 1.80 bits per heavy atom. The molecule has 0 aliphatic heterocycles. The van der Waals surface area contributed by atoms with E-state index in [0.29, 0.717) is 0 Å². The van der Waals surface area contributed by atoms with E-state index < -0.39 is 0 Å². The van der Waals surface area contributed by atoms with Crippen LogP contribution in [0.3, 0.4) is 0 Å². The third-order valence-corrected chi connectivity index (χ3v) is 1.22. The first-order valence-electron chi connectivity index (χ1n) is 3.45. The van der Waals surface area contributed by atoms with E-state index >= 15 is 0 Å². The van der Waals surface area contributed by atoms with Crippen LogP contribution in [0, 0.1) is 6.58 Å². The van der Waals surface area contributed by atoms with Crippen LogP contribution in [-0.4, -0.2) is 23.1 Å². The smallest absolute Gasteiger partial charge is 1.00 e. The minimum absolute atomic E-state index is 0. The SMILES string of the molecule is [CH-]=CCCCCCC.[Cl-].[Mg+2]. The van der Waals surface area contributed by atoms with Crippen LogP contribution < -0.4 is 12.4 Å². The molecule has 0 heterocycles. The average Bonchev–Trinajstić information content (AvgIpc) is 1.81. The number of hydrogen-bond donors (Lipinski definition) is 0. The normalized spacial score (nSPS) is 7.30. The first-order chi connectivity index (χ1) is 3.91. The van der Waals surface area contributed by atoms with Gasteiger partial charge in [-0.3, -0.25) is 6.08 Å². The minimum atomic E-state index is 0. The van der Waals surface area contributed by atoms with E-state index in [-0.39, 0.29) is 35.5 Å². The molecule has 0 saturated heterocycles. The van der Waals surface area contributed by atoms with Gasteiger partial charge in [-0.1, -0.05) is 39.0 Å². The Morgan fingerprint density at radius 3 is 2.20 bits per heavy atom. The van der Waals surface area contributed by atoms with Gasteiger partial charge < -0.3 is 19.0 Å². The maximum absolute atomic E-state index is 5.19. The number of halogens is 1. The number of unbranched alkanes of at least 4 members (excludes halogenated alkanes) is 4. The fourth-order valence-corrected chi connectivity index (χ4v) is 0.689. The topological polar surface area (TPSA) is 0 Å². The van der Waals surface area contributed by atoms with Crippen LogP contribution in [0.1, 0.15) is 39.0 Å². The summed E-state index contributed by atoms with van der Waals surface area (Å²) in [6, 6.07) is 0. The van der Waals surface area contributed by atoms with E-state index in [1.807, 2.05) is 0 Å². The van der Waals surface area contributed by atoms with Gasteiger partial charge in [0.05, 0.1) is 0 Å². The van der Waals surface area contributed by atoms with Crippen LogP contribution in [0.15, 0.2) is 6.08 Å². The molecule has 0 saturated carbocycles.